The Morgan fingerprint density at radius 3 is 3.00 bits per heavy atom. The molecule has 0 aliphatic rings. The number of pyridine rings is 1. The zero-order valence-corrected chi connectivity index (χ0v) is 7.83. The van der Waals surface area contributed by atoms with Crippen LogP contribution in [-0.4, -0.2) is 16.0 Å². The number of aromatic nitrogens is 1. The molecule has 1 aromatic rings. The van der Waals surface area contributed by atoms with Crippen molar-refractivity contribution >= 4 is 23.5 Å². The summed E-state index contributed by atoms with van der Waals surface area (Å²) < 4.78 is 0. The number of aliphatic hydroxyl groups excluding tert-OH is 1. The van der Waals surface area contributed by atoms with Crippen molar-refractivity contribution in [1.29, 1.82) is 0 Å². The number of nitrogen functional groups attached to an aromatic ring is 1. The number of anilines is 1. The molecule has 0 fully saturated rings. The Hall–Kier alpha value is -1.06. The van der Waals surface area contributed by atoms with E-state index in [4.69, 9.17) is 22.4 Å². The lowest BCUT2D eigenvalue weighted by Gasteiger charge is -2.01. The molecule has 0 amide bonds. The Balaban J connectivity index is 2.92. The molecule has 0 aliphatic heterocycles. The number of allylic oxidation sites excluding steroid dienone is 1. The van der Waals surface area contributed by atoms with Gasteiger partial charge in [0.15, 0.2) is 0 Å². The summed E-state index contributed by atoms with van der Waals surface area (Å²) in [5, 5.41) is 8.90. The smallest absolute Gasteiger partial charge is 0.128 e. The molecule has 0 aliphatic carbocycles. The number of hydrogen-bond donors (Lipinski definition) is 2. The second kappa shape index (κ2) is 4.84. The van der Waals surface area contributed by atoms with Crippen LogP contribution in [0, 0.1) is 0 Å². The zero-order chi connectivity index (χ0) is 9.68. The van der Waals surface area contributed by atoms with Gasteiger partial charge < -0.3 is 10.8 Å². The predicted octanol–water partition coefficient (Wildman–Crippen LogP) is 1.41. The zero-order valence-electron chi connectivity index (χ0n) is 7.07. The minimum atomic E-state index is -0.0958. The summed E-state index contributed by atoms with van der Waals surface area (Å²) in [7, 11) is 0. The molecule has 70 valence electrons. The van der Waals surface area contributed by atoms with Crippen LogP contribution in [0.25, 0.3) is 6.08 Å². The van der Waals surface area contributed by atoms with E-state index in [1.165, 1.54) is 0 Å². The molecule has 13 heavy (non-hydrogen) atoms. The Morgan fingerprint density at radius 1 is 1.62 bits per heavy atom. The first kappa shape index (κ1) is 10.0. The maximum absolute atomic E-state index is 8.90. The molecular formula is C9H11ClN2O. The average Bonchev–Trinajstić information content (AvgIpc) is 2.16. The Bertz CT molecular complexity index is 312. The SMILES string of the molecule is Nc1ncc(C=CCCl)cc1CO. The van der Waals surface area contributed by atoms with E-state index in [1.807, 2.05) is 6.08 Å². The monoisotopic (exact) mass is 198 g/mol. The van der Waals surface area contributed by atoms with Crippen molar-refractivity contribution in [2.24, 2.45) is 0 Å². The van der Waals surface area contributed by atoms with Crippen LogP contribution >= 0.6 is 11.6 Å². The summed E-state index contributed by atoms with van der Waals surface area (Å²) in [6.45, 7) is -0.0958. The van der Waals surface area contributed by atoms with Gasteiger partial charge in [-0.05, 0) is 11.6 Å². The predicted molar refractivity (Wildman–Crippen MR) is 54.3 cm³/mol. The van der Waals surface area contributed by atoms with Gasteiger partial charge in [0.05, 0.1) is 6.61 Å². The second-order valence-electron chi connectivity index (χ2n) is 2.53. The van der Waals surface area contributed by atoms with E-state index < -0.39 is 0 Å². The summed E-state index contributed by atoms with van der Waals surface area (Å²) in [6.07, 6.45) is 5.27. The number of nitrogens with two attached hydrogens (primary N) is 1. The first-order chi connectivity index (χ1) is 6.27. The summed E-state index contributed by atoms with van der Waals surface area (Å²) in [6, 6.07) is 1.78. The summed E-state index contributed by atoms with van der Waals surface area (Å²) in [4.78, 5) is 3.93. The molecule has 0 spiro atoms. The lowest BCUT2D eigenvalue weighted by Crippen LogP contribution is -1.97. The molecule has 0 aromatic carbocycles. The largest absolute Gasteiger partial charge is 0.392 e. The number of alkyl halides is 1. The van der Waals surface area contributed by atoms with Gasteiger partial charge in [-0.2, -0.15) is 0 Å². The maximum atomic E-state index is 8.90. The highest BCUT2D eigenvalue weighted by atomic mass is 35.5. The first-order valence-electron chi connectivity index (χ1n) is 3.85. The molecule has 0 saturated carbocycles. The fourth-order valence-electron chi connectivity index (χ4n) is 0.938. The quantitative estimate of drug-likeness (QED) is 0.722. The molecule has 1 aromatic heterocycles. The standard InChI is InChI=1S/C9H11ClN2O/c10-3-1-2-7-4-8(6-13)9(11)12-5-7/h1-2,4-5,13H,3,6H2,(H2,11,12). The van der Waals surface area contributed by atoms with Gasteiger partial charge in [0, 0.05) is 17.6 Å². The van der Waals surface area contributed by atoms with Gasteiger partial charge in [-0.25, -0.2) is 4.98 Å². The molecular weight excluding hydrogens is 188 g/mol. The van der Waals surface area contributed by atoms with Gasteiger partial charge in [0.1, 0.15) is 5.82 Å². The topological polar surface area (TPSA) is 59.1 Å². The van der Waals surface area contributed by atoms with Crippen LogP contribution < -0.4 is 5.73 Å². The van der Waals surface area contributed by atoms with Gasteiger partial charge in [-0.3, -0.25) is 0 Å². The number of nitrogens with zero attached hydrogens (tertiary/aromatic N) is 1. The fraction of sp³-hybridized carbons (Fsp3) is 0.222. The van der Waals surface area contributed by atoms with E-state index >= 15 is 0 Å². The number of aliphatic hydroxyl groups is 1. The van der Waals surface area contributed by atoms with Crippen molar-refractivity contribution < 1.29 is 5.11 Å². The fourth-order valence-corrected chi connectivity index (χ4v) is 1.03. The highest BCUT2D eigenvalue weighted by Gasteiger charge is 1.98. The molecule has 3 nitrogen and oxygen atoms in total. The second-order valence-corrected chi connectivity index (χ2v) is 2.84. The molecule has 3 N–H and O–H groups in total. The van der Waals surface area contributed by atoms with Crippen LogP contribution in [0.15, 0.2) is 18.3 Å². The summed E-state index contributed by atoms with van der Waals surface area (Å²) in [5.41, 5.74) is 7.03. The maximum Gasteiger partial charge on any atom is 0.128 e. The Morgan fingerprint density at radius 2 is 2.38 bits per heavy atom. The third-order valence-electron chi connectivity index (χ3n) is 1.59. The van der Waals surface area contributed by atoms with Crippen molar-refractivity contribution in [3.05, 3.63) is 29.5 Å². The lowest BCUT2D eigenvalue weighted by molar-refractivity contribution is 0.282. The highest BCUT2D eigenvalue weighted by Crippen LogP contribution is 2.11. The van der Waals surface area contributed by atoms with Crippen LogP contribution in [0.5, 0.6) is 0 Å². The number of rotatable bonds is 3. The number of halogens is 1. The van der Waals surface area contributed by atoms with Gasteiger partial charge in [-0.1, -0.05) is 12.2 Å². The van der Waals surface area contributed by atoms with Crippen molar-refractivity contribution in [3.63, 3.8) is 0 Å². The van der Waals surface area contributed by atoms with Crippen LogP contribution in [0.4, 0.5) is 5.82 Å². The van der Waals surface area contributed by atoms with E-state index in [9.17, 15) is 0 Å². The van der Waals surface area contributed by atoms with Gasteiger partial charge in [0.25, 0.3) is 0 Å². The first-order valence-corrected chi connectivity index (χ1v) is 4.39. The van der Waals surface area contributed by atoms with Crippen LogP contribution in [0.3, 0.4) is 0 Å². The van der Waals surface area contributed by atoms with Crippen molar-refractivity contribution in [3.8, 4) is 0 Å². The minimum Gasteiger partial charge on any atom is -0.392 e. The van der Waals surface area contributed by atoms with Crippen molar-refractivity contribution in [2.75, 3.05) is 11.6 Å². The van der Waals surface area contributed by atoms with Crippen LogP contribution in [0.2, 0.25) is 0 Å². The molecule has 1 rings (SSSR count). The number of hydrogen-bond acceptors (Lipinski definition) is 3. The highest BCUT2D eigenvalue weighted by molar-refractivity contribution is 6.19. The van der Waals surface area contributed by atoms with E-state index in [2.05, 4.69) is 4.98 Å². The van der Waals surface area contributed by atoms with Gasteiger partial charge >= 0.3 is 0 Å². The van der Waals surface area contributed by atoms with Gasteiger partial charge in [-0.15, -0.1) is 11.6 Å². The van der Waals surface area contributed by atoms with E-state index in [0.29, 0.717) is 17.3 Å². The molecule has 0 radical (unpaired) electrons. The van der Waals surface area contributed by atoms with Crippen molar-refractivity contribution in [2.45, 2.75) is 6.61 Å². The lowest BCUT2D eigenvalue weighted by atomic mass is 10.2. The normalized spacial score (nSPS) is 10.9. The molecule has 0 saturated heterocycles. The molecule has 0 unspecified atom stereocenters. The third-order valence-corrected chi connectivity index (χ3v) is 1.77. The van der Waals surface area contributed by atoms with E-state index in [-0.39, 0.29) is 6.61 Å². The minimum absolute atomic E-state index is 0.0958. The molecule has 0 atom stereocenters. The average molecular weight is 199 g/mol. The molecule has 0 bridgehead atoms. The third kappa shape index (κ3) is 2.72. The van der Waals surface area contributed by atoms with E-state index in [1.54, 1.807) is 18.3 Å². The Labute approximate surface area is 81.9 Å². The molecule has 4 heteroatoms. The Kier molecular flexibility index (Phi) is 3.73. The van der Waals surface area contributed by atoms with E-state index in [0.717, 1.165) is 5.56 Å². The van der Waals surface area contributed by atoms with Crippen LogP contribution in [0.1, 0.15) is 11.1 Å². The van der Waals surface area contributed by atoms with Crippen LogP contribution in [-0.2, 0) is 6.61 Å². The van der Waals surface area contributed by atoms with Gasteiger partial charge in [0.2, 0.25) is 0 Å². The summed E-state index contributed by atoms with van der Waals surface area (Å²) in [5.74, 6) is 0.823. The summed E-state index contributed by atoms with van der Waals surface area (Å²) >= 11 is 5.48. The molecule has 1 heterocycles. The van der Waals surface area contributed by atoms with Crippen molar-refractivity contribution in [1.82, 2.24) is 4.98 Å².